The molecule has 0 bridgehead atoms. The molecule has 0 atom stereocenters. The van der Waals surface area contributed by atoms with E-state index in [9.17, 15) is 9.59 Å². The molecule has 0 spiro atoms. The number of nitrogens with zero attached hydrogens (tertiary/aromatic N) is 3. The van der Waals surface area contributed by atoms with Crippen LogP contribution >= 0.6 is 23.2 Å². The van der Waals surface area contributed by atoms with Crippen molar-refractivity contribution in [1.29, 1.82) is 0 Å². The molecule has 8 nitrogen and oxygen atoms in total. The van der Waals surface area contributed by atoms with Crippen LogP contribution in [0.3, 0.4) is 0 Å². The van der Waals surface area contributed by atoms with Crippen LogP contribution in [-0.2, 0) is 9.59 Å². The third-order valence-electron chi connectivity index (χ3n) is 4.19. The second-order valence-corrected chi connectivity index (χ2v) is 6.97. The van der Waals surface area contributed by atoms with Gasteiger partial charge in [-0.3, -0.25) is 14.7 Å². The van der Waals surface area contributed by atoms with E-state index in [-0.39, 0.29) is 18.9 Å². The Morgan fingerprint density at radius 3 is 2.79 bits per heavy atom. The van der Waals surface area contributed by atoms with Crippen molar-refractivity contribution in [3.05, 3.63) is 40.6 Å². The lowest BCUT2D eigenvalue weighted by Crippen LogP contribution is -2.35. The van der Waals surface area contributed by atoms with E-state index in [4.69, 9.17) is 28.9 Å². The number of aromatic amines is 1. The molecule has 146 valence electrons. The van der Waals surface area contributed by atoms with Gasteiger partial charge in [0.1, 0.15) is 5.82 Å². The quantitative estimate of drug-likeness (QED) is 0.542. The second-order valence-electron chi connectivity index (χ2n) is 6.19. The van der Waals surface area contributed by atoms with E-state index in [1.54, 1.807) is 18.5 Å². The fourth-order valence-corrected chi connectivity index (χ4v) is 3.07. The summed E-state index contributed by atoms with van der Waals surface area (Å²) in [6.07, 6.45) is 3.66. The summed E-state index contributed by atoms with van der Waals surface area (Å²) in [5.41, 5.74) is 7.35. The number of fused-ring (bicyclic) bond motifs is 1. The van der Waals surface area contributed by atoms with Gasteiger partial charge in [0.15, 0.2) is 0 Å². The summed E-state index contributed by atoms with van der Waals surface area (Å²) in [7, 11) is 1.81. The molecule has 0 unspecified atom stereocenters. The highest BCUT2D eigenvalue weighted by atomic mass is 35.5. The van der Waals surface area contributed by atoms with Crippen LogP contribution in [0.15, 0.2) is 30.6 Å². The van der Waals surface area contributed by atoms with Crippen molar-refractivity contribution in [3.63, 3.8) is 0 Å². The molecule has 2 aromatic heterocycles. The zero-order chi connectivity index (χ0) is 20.3. The topological polar surface area (TPSA) is 117 Å². The van der Waals surface area contributed by atoms with Gasteiger partial charge in [-0.1, -0.05) is 29.3 Å². The number of nitrogens with one attached hydrogen (secondary N) is 2. The molecule has 1 aromatic carbocycles. The summed E-state index contributed by atoms with van der Waals surface area (Å²) >= 11 is 12.6. The SMILES string of the molecule is CN(CCC(=O)NCC(N)=O)c1cc(-c2cn[nH]c2)c2ccc(Cl)c(Cl)c2n1. The van der Waals surface area contributed by atoms with Crippen molar-refractivity contribution in [2.45, 2.75) is 6.42 Å². The van der Waals surface area contributed by atoms with Gasteiger partial charge in [0.2, 0.25) is 11.8 Å². The van der Waals surface area contributed by atoms with Crippen LogP contribution in [-0.4, -0.2) is 47.1 Å². The van der Waals surface area contributed by atoms with Crippen LogP contribution in [0.25, 0.3) is 22.0 Å². The van der Waals surface area contributed by atoms with E-state index in [1.807, 2.05) is 24.1 Å². The highest BCUT2D eigenvalue weighted by Crippen LogP contribution is 2.37. The Kier molecular flexibility index (Phi) is 6.01. The normalized spacial score (nSPS) is 10.8. The molecule has 0 aliphatic heterocycles. The van der Waals surface area contributed by atoms with Gasteiger partial charge in [-0.25, -0.2) is 4.98 Å². The molecule has 28 heavy (non-hydrogen) atoms. The Balaban J connectivity index is 1.91. The average molecular weight is 421 g/mol. The molecular weight excluding hydrogens is 403 g/mol. The molecule has 0 radical (unpaired) electrons. The maximum Gasteiger partial charge on any atom is 0.236 e. The molecule has 4 N–H and O–H groups in total. The van der Waals surface area contributed by atoms with Gasteiger partial charge in [-0.2, -0.15) is 5.10 Å². The standard InChI is InChI=1S/C18H18Cl2N6O2/c1-26(5-4-16(28)22-9-14(21)27)15-6-12(10-7-23-24-8-10)11-2-3-13(19)17(20)18(11)25-15/h2-3,6-8H,4-5,9H2,1H3,(H2,21,27)(H,22,28)(H,23,24). The average Bonchev–Trinajstić information content (AvgIpc) is 3.21. The number of rotatable bonds is 7. The van der Waals surface area contributed by atoms with Gasteiger partial charge in [0.25, 0.3) is 0 Å². The number of carbonyl (C=O) groups excluding carboxylic acids is 2. The lowest BCUT2D eigenvalue weighted by atomic mass is 10.0. The zero-order valence-corrected chi connectivity index (χ0v) is 16.5. The lowest BCUT2D eigenvalue weighted by molar-refractivity contribution is -0.124. The maximum atomic E-state index is 11.8. The van der Waals surface area contributed by atoms with Gasteiger partial charge < -0.3 is 16.0 Å². The summed E-state index contributed by atoms with van der Waals surface area (Å²) < 4.78 is 0. The predicted octanol–water partition coefficient (Wildman–Crippen LogP) is 2.36. The van der Waals surface area contributed by atoms with Crippen molar-refractivity contribution in [2.24, 2.45) is 5.73 Å². The summed E-state index contributed by atoms with van der Waals surface area (Å²) in [5.74, 6) is -0.243. The number of hydrogen-bond donors (Lipinski definition) is 3. The highest BCUT2D eigenvalue weighted by Gasteiger charge is 2.16. The largest absolute Gasteiger partial charge is 0.368 e. The van der Waals surface area contributed by atoms with E-state index >= 15 is 0 Å². The van der Waals surface area contributed by atoms with E-state index in [0.29, 0.717) is 27.9 Å². The van der Waals surface area contributed by atoms with Gasteiger partial charge in [-0.05, 0) is 17.7 Å². The van der Waals surface area contributed by atoms with Crippen LogP contribution in [0.5, 0.6) is 0 Å². The van der Waals surface area contributed by atoms with Crippen LogP contribution in [0.2, 0.25) is 10.0 Å². The van der Waals surface area contributed by atoms with Crippen molar-refractivity contribution in [2.75, 3.05) is 25.0 Å². The first-order valence-corrected chi connectivity index (χ1v) is 9.16. The minimum absolute atomic E-state index is 0.174. The number of halogens is 2. The number of amides is 2. The minimum atomic E-state index is -0.589. The number of carbonyl (C=O) groups is 2. The Morgan fingerprint density at radius 1 is 1.32 bits per heavy atom. The molecule has 0 saturated carbocycles. The minimum Gasteiger partial charge on any atom is -0.368 e. The number of hydrogen-bond acceptors (Lipinski definition) is 5. The summed E-state index contributed by atoms with van der Waals surface area (Å²) in [6, 6.07) is 5.49. The van der Waals surface area contributed by atoms with E-state index in [0.717, 1.165) is 16.5 Å². The molecule has 0 aliphatic carbocycles. The Hall–Kier alpha value is -2.84. The van der Waals surface area contributed by atoms with Gasteiger partial charge in [-0.15, -0.1) is 0 Å². The predicted molar refractivity (Wildman–Crippen MR) is 109 cm³/mol. The first-order valence-electron chi connectivity index (χ1n) is 8.41. The van der Waals surface area contributed by atoms with E-state index in [2.05, 4.69) is 20.5 Å². The highest BCUT2D eigenvalue weighted by molar-refractivity contribution is 6.45. The third-order valence-corrected chi connectivity index (χ3v) is 4.99. The van der Waals surface area contributed by atoms with Crippen LogP contribution in [0.1, 0.15) is 6.42 Å². The number of nitrogens with two attached hydrogens (primary N) is 1. The third kappa shape index (κ3) is 4.35. The zero-order valence-electron chi connectivity index (χ0n) is 15.0. The summed E-state index contributed by atoms with van der Waals surface area (Å²) in [4.78, 5) is 29.0. The van der Waals surface area contributed by atoms with Crippen molar-refractivity contribution in [3.8, 4) is 11.1 Å². The van der Waals surface area contributed by atoms with Gasteiger partial charge in [0, 0.05) is 37.2 Å². The summed E-state index contributed by atoms with van der Waals surface area (Å²) in [5, 5.41) is 10.9. The van der Waals surface area contributed by atoms with Gasteiger partial charge >= 0.3 is 0 Å². The molecule has 3 rings (SSSR count). The molecule has 0 fully saturated rings. The van der Waals surface area contributed by atoms with Crippen molar-refractivity contribution < 1.29 is 9.59 Å². The van der Waals surface area contributed by atoms with Crippen LogP contribution in [0.4, 0.5) is 5.82 Å². The first-order chi connectivity index (χ1) is 13.4. The van der Waals surface area contributed by atoms with Gasteiger partial charge in [0.05, 0.1) is 28.3 Å². The molecule has 2 heterocycles. The maximum absolute atomic E-state index is 11.8. The molecule has 3 aromatic rings. The van der Waals surface area contributed by atoms with Crippen LogP contribution in [0, 0.1) is 0 Å². The Labute approximate surface area is 171 Å². The number of pyridine rings is 1. The Morgan fingerprint density at radius 2 is 2.11 bits per heavy atom. The molecule has 2 amide bonds. The van der Waals surface area contributed by atoms with E-state index in [1.165, 1.54) is 0 Å². The van der Waals surface area contributed by atoms with Crippen LogP contribution < -0.4 is 16.0 Å². The van der Waals surface area contributed by atoms with Crippen molar-refractivity contribution in [1.82, 2.24) is 20.5 Å². The number of primary amides is 1. The number of H-pyrrole nitrogens is 1. The fourth-order valence-electron chi connectivity index (χ4n) is 2.71. The number of benzene rings is 1. The fraction of sp³-hybridized carbons (Fsp3) is 0.222. The molecule has 0 aliphatic rings. The molecular formula is C18H18Cl2N6O2. The lowest BCUT2D eigenvalue weighted by Gasteiger charge is -2.20. The van der Waals surface area contributed by atoms with E-state index < -0.39 is 5.91 Å². The van der Waals surface area contributed by atoms with Crippen molar-refractivity contribution >= 4 is 51.7 Å². The number of aromatic nitrogens is 3. The smallest absolute Gasteiger partial charge is 0.236 e. The summed E-state index contributed by atoms with van der Waals surface area (Å²) in [6.45, 7) is 0.196. The second kappa shape index (κ2) is 8.45. The first kappa shape index (κ1) is 19.9. The molecule has 10 heteroatoms. The number of anilines is 1. The molecule has 0 saturated heterocycles. The monoisotopic (exact) mass is 420 g/mol. The Bertz CT molecular complexity index is 1020.